The molecule has 0 aliphatic heterocycles. The molecule has 0 radical (unpaired) electrons. The van der Waals surface area contributed by atoms with E-state index in [4.69, 9.17) is 4.74 Å². The first-order chi connectivity index (χ1) is 10.2. The lowest BCUT2D eigenvalue weighted by atomic mass is 9.85. The van der Waals surface area contributed by atoms with Crippen LogP contribution < -0.4 is 10.1 Å². The summed E-state index contributed by atoms with van der Waals surface area (Å²) in [5, 5.41) is 3.57. The zero-order valence-corrected chi connectivity index (χ0v) is 13.8. The number of benzene rings is 1. The van der Waals surface area contributed by atoms with Crippen LogP contribution in [0.5, 0.6) is 5.75 Å². The molecule has 1 N–H and O–H groups in total. The highest BCUT2D eigenvalue weighted by molar-refractivity contribution is 5.33. The highest BCUT2D eigenvalue weighted by Gasteiger charge is 2.34. The van der Waals surface area contributed by atoms with Crippen molar-refractivity contribution in [3.63, 3.8) is 0 Å². The van der Waals surface area contributed by atoms with Crippen molar-refractivity contribution in [1.82, 2.24) is 10.2 Å². The summed E-state index contributed by atoms with van der Waals surface area (Å²) in [6, 6.07) is 8.34. The van der Waals surface area contributed by atoms with E-state index in [2.05, 4.69) is 36.3 Å². The Labute approximate surface area is 129 Å². The van der Waals surface area contributed by atoms with Crippen molar-refractivity contribution in [3.05, 3.63) is 29.8 Å². The molecule has 1 aromatic rings. The lowest BCUT2D eigenvalue weighted by molar-refractivity contribution is 0.167. The van der Waals surface area contributed by atoms with E-state index in [9.17, 15) is 0 Å². The number of rotatable bonds is 8. The fourth-order valence-electron chi connectivity index (χ4n) is 3.66. The van der Waals surface area contributed by atoms with E-state index in [1.807, 2.05) is 12.1 Å². The summed E-state index contributed by atoms with van der Waals surface area (Å²) < 4.78 is 5.47. The fraction of sp³-hybridized carbons (Fsp3) is 0.667. The second-order valence-electron chi connectivity index (χ2n) is 6.47. The molecule has 0 amide bonds. The van der Waals surface area contributed by atoms with Crippen molar-refractivity contribution in [2.24, 2.45) is 5.41 Å². The van der Waals surface area contributed by atoms with Gasteiger partial charge in [-0.25, -0.2) is 0 Å². The first-order valence-electron chi connectivity index (χ1n) is 8.20. The fourth-order valence-corrected chi connectivity index (χ4v) is 3.66. The first-order valence-corrected chi connectivity index (χ1v) is 8.20. The highest BCUT2D eigenvalue weighted by Crippen LogP contribution is 2.38. The molecule has 0 spiro atoms. The Morgan fingerprint density at radius 1 is 1.24 bits per heavy atom. The summed E-state index contributed by atoms with van der Waals surface area (Å²) in [6.45, 7) is 6.54. The van der Waals surface area contributed by atoms with Crippen LogP contribution in [0.1, 0.15) is 38.2 Å². The van der Waals surface area contributed by atoms with Gasteiger partial charge in [-0.2, -0.15) is 0 Å². The normalized spacial score (nSPS) is 17.3. The molecular weight excluding hydrogens is 260 g/mol. The Morgan fingerprint density at radius 2 is 1.95 bits per heavy atom. The van der Waals surface area contributed by atoms with Gasteiger partial charge in [-0.1, -0.05) is 38.0 Å². The maximum Gasteiger partial charge on any atom is 0.123 e. The third-order valence-electron chi connectivity index (χ3n) is 4.65. The average Bonchev–Trinajstić information content (AvgIpc) is 2.94. The molecular formula is C18H30N2O. The number of nitrogens with one attached hydrogen (secondary N) is 1. The van der Waals surface area contributed by atoms with E-state index < -0.39 is 0 Å². The van der Waals surface area contributed by atoms with Crippen LogP contribution in [0.15, 0.2) is 24.3 Å². The van der Waals surface area contributed by atoms with E-state index >= 15 is 0 Å². The van der Waals surface area contributed by atoms with E-state index in [1.165, 1.54) is 31.2 Å². The Morgan fingerprint density at radius 3 is 2.62 bits per heavy atom. The molecule has 1 fully saturated rings. The number of ether oxygens (including phenoxy) is 1. The Hall–Kier alpha value is -1.06. The summed E-state index contributed by atoms with van der Waals surface area (Å²) in [4.78, 5) is 2.46. The van der Waals surface area contributed by atoms with Gasteiger partial charge in [0.25, 0.3) is 0 Å². The predicted octanol–water partition coefficient (Wildman–Crippen LogP) is 3.30. The monoisotopic (exact) mass is 290 g/mol. The van der Waals surface area contributed by atoms with Crippen LogP contribution in [0.3, 0.4) is 0 Å². The SMILES string of the molecule is CCNCC1(CN(C)Cc2ccccc2OC)CCCC1. The molecule has 1 saturated carbocycles. The molecule has 21 heavy (non-hydrogen) atoms. The number of hydrogen-bond acceptors (Lipinski definition) is 3. The van der Waals surface area contributed by atoms with Gasteiger partial charge in [0, 0.05) is 25.2 Å². The van der Waals surface area contributed by atoms with Crippen LogP contribution in [0, 0.1) is 5.41 Å². The summed E-state index contributed by atoms with van der Waals surface area (Å²) in [6.07, 6.45) is 5.48. The van der Waals surface area contributed by atoms with Gasteiger partial charge < -0.3 is 15.0 Å². The van der Waals surface area contributed by atoms with Gasteiger partial charge in [0.2, 0.25) is 0 Å². The quantitative estimate of drug-likeness (QED) is 0.795. The van der Waals surface area contributed by atoms with Gasteiger partial charge >= 0.3 is 0 Å². The Balaban J connectivity index is 1.97. The number of methoxy groups -OCH3 is 1. The largest absolute Gasteiger partial charge is 0.496 e. The lowest BCUT2D eigenvalue weighted by Gasteiger charge is -2.34. The van der Waals surface area contributed by atoms with E-state index in [0.29, 0.717) is 5.41 Å². The molecule has 1 aliphatic carbocycles. The van der Waals surface area contributed by atoms with Crippen LogP contribution in [0.4, 0.5) is 0 Å². The molecule has 0 aromatic heterocycles. The van der Waals surface area contributed by atoms with Crippen LogP contribution in [-0.2, 0) is 6.54 Å². The van der Waals surface area contributed by atoms with Gasteiger partial charge in [-0.15, -0.1) is 0 Å². The van der Waals surface area contributed by atoms with Gasteiger partial charge in [-0.05, 0) is 37.9 Å². The molecule has 3 nitrogen and oxygen atoms in total. The van der Waals surface area contributed by atoms with Gasteiger partial charge in [0.05, 0.1) is 7.11 Å². The highest BCUT2D eigenvalue weighted by atomic mass is 16.5. The molecule has 0 atom stereocenters. The zero-order chi connectivity index (χ0) is 15.1. The minimum atomic E-state index is 0.465. The number of nitrogens with zero attached hydrogens (tertiary/aromatic N) is 1. The molecule has 118 valence electrons. The molecule has 1 aromatic carbocycles. The predicted molar refractivity (Wildman–Crippen MR) is 88.8 cm³/mol. The van der Waals surface area contributed by atoms with E-state index in [-0.39, 0.29) is 0 Å². The minimum Gasteiger partial charge on any atom is -0.496 e. The average molecular weight is 290 g/mol. The van der Waals surface area contributed by atoms with Crippen molar-refractivity contribution >= 4 is 0 Å². The topological polar surface area (TPSA) is 24.5 Å². The maximum absolute atomic E-state index is 5.47. The molecule has 0 unspecified atom stereocenters. The second-order valence-corrected chi connectivity index (χ2v) is 6.47. The van der Waals surface area contributed by atoms with Gasteiger partial charge in [0.15, 0.2) is 0 Å². The van der Waals surface area contributed by atoms with Gasteiger partial charge in [-0.3, -0.25) is 0 Å². The first kappa shape index (κ1) is 16.3. The van der Waals surface area contributed by atoms with Crippen LogP contribution in [0.25, 0.3) is 0 Å². The van der Waals surface area contributed by atoms with Crippen LogP contribution in [-0.4, -0.2) is 38.7 Å². The number of para-hydroxylation sites is 1. The molecule has 3 heteroatoms. The summed E-state index contributed by atoms with van der Waals surface area (Å²) in [5.41, 5.74) is 1.74. The van der Waals surface area contributed by atoms with Crippen molar-refractivity contribution in [3.8, 4) is 5.75 Å². The second kappa shape index (κ2) is 7.81. The van der Waals surface area contributed by atoms with E-state index in [1.54, 1.807) is 7.11 Å². The summed E-state index contributed by atoms with van der Waals surface area (Å²) in [7, 11) is 3.99. The minimum absolute atomic E-state index is 0.465. The zero-order valence-electron chi connectivity index (χ0n) is 13.8. The summed E-state index contributed by atoms with van der Waals surface area (Å²) in [5.74, 6) is 0.997. The van der Waals surface area contributed by atoms with Crippen LogP contribution >= 0.6 is 0 Å². The maximum atomic E-state index is 5.47. The van der Waals surface area contributed by atoms with Crippen LogP contribution in [0.2, 0.25) is 0 Å². The lowest BCUT2D eigenvalue weighted by Crippen LogP contribution is -2.41. The molecule has 0 saturated heterocycles. The van der Waals surface area contributed by atoms with Crippen molar-refractivity contribution < 1.29 is 4.74 Å². The third-order valence-corrected chi connectivity index (χ3v) is 4.65. The number of hydrogen-bond donors (Lipinski definition) is 1. The standard InChI is InChI=1S/C18H30N2O/c1-4-19-14-18(11-7-8-12-18)15-20(2)13-16-9-5-6-10-17(16)21-3/h5-6,9-10,19H,4,7-8,11-15H2,1-3H3. The Bertz CT molecular complexity index is 427. The van der Waals surface area contributed by atoms with Gasteiger partial charge in [0.1, 0.15) is 5.75 Å². The Kier molecular flexibility index (Phi) is 6.07. The smallest absolute Gasteiger partial charge is 0.123 e. The molecule has 0 bridgehead atoms. The molecule has 1 aliphatic rings. The summed E-state index contributed by atoms with van der Waals surface area (Å²) >= 11 is 0. The molecule has 0 heterocycles. The van der Waals surface area contributed by atoms with Crippen molar-refractivity contribution in [2.45, 2.75) is 39.2 Å². The molecule has 2 rings (SSSR count). The van der Waals surface area contributed by atoms with Crippen molar-refractivity contribution in [1.29, 1.82) is 0 Å². The third kappa shape index (κ3) is 4.45. The van der Waals surface area contributed by atoms with Crippen molar-refractivity contribution in [2.75, 3.05) is 33.8 Å². The van der Waals surface area contributed by atoms with E-state index in [0.717, 1.165) is 31.9 Å².